The van der Waals surface area contributed by atoms with Crippen molar-refractivity contribution in [1.29, 1.82) is 0 Å². The van der Waals surface area contributed by atoms with Crippen molar-refractivity contribution in [3.05, 3.63) is 28.8 Å². The van der Waals surface area contributed by atoms with Gasteiger partial charge in [0.15, 0.2) is 0 Å². The molecule has 2 heterocycles. The molecule has 0 aliphatic carbocycles. The highest BCUT2D eigenvalue weighted by Gasteiger charge is 2.12. The second-order valence-corrected chi connectivity index (χ2v) is 3.64. The molecule has 0 unspecified atom stereocenters. The molecule has 2 rings (SSSR count). The Labute approximate surface area is 78.7 Å². The summed E-state index contributed by atoms with van der Waals surface area (Å²) in [5, 5.41) is 10.5. The zero-order valence-electron chi connectivity index (χ0n) is 6.94. The number of aromatic carboxylic acids is 1. The third-order valence-electron chi connectivity index (χ3n) is 1.88. The lowest BCUT2D eigenvalue weighted by Gasteiger charge is -1.93. The fourth-order valence-electron chi connectivity index (χ4n) is 1.21. The van der Waals surface area contributed by atoms with Gasteiger partial charge in [-0.3, -0.25) is 4.98 Å². The number of thiophene rings is 1. The fourth-order valence-corrected chi connectivity index (χ4v) is 2.19. The van der Waals surface area contributed by atoms with Crippen molar-refractivity contribution in [3.8, 4) is 0 Å². The number of carboxylic acid groups (broad SMARTS) is 1. The van der Waals surface area contributed by atoms with Gasteiger partial charge in [-0.1, -0.05) is 0 Å². The fraction of sp³-hybridized carbons (Fsp3) is 0.111. The summed E-state index contributed by atoms with van der Waals surface area (Å²) in [6.45, 7) is 1.95. The first-order valence-corrected chi connectivity index (χ1v) is 4.64. The number of aromatic nitrogens is 1. The Morgan fingerprint density at radius 2 is 2.38 bits per heavy atom. The topological polar surface area (TPSA) is 50.2 Å². The van der Waals surface area contributed by atoms with Crippen LogP contribution in [0.25, 0.3) is 10.2 Å². The summed E-state index contributed by atoms with van der Waals surface area (Å²) in [6.07, 6.45) is 1.64. The minimum absolute atomic E-state index is 0.295. The highest BCUT2D eigenvalue weighted by Crippen LogP contribution is 2.26. The van der Waals surface area contributed by atoms with Crippen LogP contribution in [0.2, 0.25) is 0 Å². The molecule has 0 bridgehead atoms. The van der Waals surface area contributed by atoms with Gasteiger partial charge >= 0.3 is 5.97 Å². The van der Waals surface area contributed by atoms with Crippen LogP contribution in [0.1, 0.15) is 15.9 Å². The first kappa shape index (κ1) is 8.19. The third kappa shape index (κ3) is 1.19. The van der Waals surface area contributed by atoms with E-state index in [1.54, 1.807) is 11.6 Å². The zero-order chi connectivity index (χ0) is 9.42. The Morgan fingerprint density at radius 3 is 3.08 bits per heavy atom. The van der Waals surface area contributed by atoms with Gasteiger partial charge in [-0.15, -0.1) is 11.3 Å². The largest absolute Gasteiger partial charge is 0.478 e. The molecule has 3 nitrogen and oxygen atoms in total. The smallest absolute Gasteiger partial charge is 0.338 e. The normalized spacial score (nSPS) is 10.5. The molecule has 0 radical (unpaired) electrons. The summed E-state index contributed by atoms with van der Waals surface area (Å²) < 4.78 is 0.958. The molecule has 13 heavy (non-hydrogen) atoms. The predicted octanol–water partition coefficient (Wildman–Crippen LogP) is 2.30. The minimum atomic E-state index is -0.913. The molecular formula is C9H7NO2S. The lowest BCUT2D eigenvalue weighted by atomic mass is 10.2. The van der Waals surface area contributed by atoms with Crippen LogP contribution in [-0.4, -0.2) is 16.1 Å². The lowest BCUT2D eigenvalue weighted by Crippen LogP contribution is -1.94. The van der Waals surface area contributed by atoms with Crippen LogP contribution in [0.5, 0.6) is 0 Å². The van der Waals surface area contributed by atoms with Crippen molar-refractivity contribution >= 4 is 27.5 Å². The van der Waals surface area contributed by atoms with Gasteiger partial charge in [0.25, 0.3) is 0 Å². The molecule has 4 heteroatoms. The maximum absolute atomic E-state index is 10.8. The Kier molecular flexibility index (Phi) is 1.77. The molecule has 0 aliphatic heterocycles. The second-order valence-electron chi connectivity index (χ2n) is 2.76. The zero-order valence-corrected chi connectivity index (χ0v) is 7.76. The van der Waals surface area contributed by atoms with Gasteiger partial charge in [-0.2, -0.15) is 0 Å². The first-order valence-electron chi connectivity index (χ1n) is 3.76. The summed E-state index contributed by atoms with van der Waals surface area (Å²) in [5.74, 6) is -0.913. The summed E-state index contributed by atoms with van der Waals surface area (Å²) in [7, 11) is 0. The van der Waals surface area contributed by atoms with Crippen LogP contribution in [0, 0.1) is 6.92 Å². The number of hydrogen-bond donors (Lipinski definition) is 1. The van der Waals surface area contributed by atoms with Crippen LogP contribution in [0.3, 0.4) is 0 Å². The summed E-state index contributed by atoms with van der Waals surface area (Å²) >= 11 is 1.43. The van der Waals surface area contributed by atoms with Gasteiger partial charge in [0.1, 0.15) is 0 Å². The molecule has 0 atom stereocenters. The predicted molar refractivity (Wildman–Crippen MR) is 51.3 cm³/mol. The van der Waals surface area contributed by atoms with Gasteiger partial charge < -0.3 is 5.11 Å². The highest BCUT2D eigenvalue weighted by molar-refractivity contribution is 7.17. The molecular weight excluding hydrogens is 186 g/mol. The van der Waals surface area contributed by atoms with Crippen molar-refractivity contribution in [2.24, 2.45) is 0 Å². The number of rotatable bonds is 1. The van der Waals surface area contributed by atoms with Crippen molar-refractivity contribution in [2.45, 2.75) is 6.92 Å². The molecule has 66 valence electrons. The van der Waals surface area contributed by atoms with E-state index in [0.717, 1.165) is 10.3 Å². The van der Waals surface area contributed by atoms with Crippen molar-refractivity contribution in [1.82, 2.24) is 4.98 Å². The quantitative estimate of drug-likeness (QED) is 0.756. The van der Waals surface area contributed by atoms with Gasteiger partial charge in [0.2, 0.25) is 0 Å². The van der Waals surface area contributed by atoms with Gasteiger partial charge in [0, 0.05) is 11.6 Å². The van der Waals surface area contributed by atoms with Crippen molar-refractivity contribution in [2.75, 3.05) is 0 Å². The molecule has 0 spiro atoms. The van der Waals surface area contributed by atoms with E-state index in [1.807, 2.05) is 13.0 Å². The maximum Gasteiger partial charge on any atom is 0.338 e. The molecule has 0 saturated carbocycles. The van der Waals surface area contributed by atoms with Crippen LogP contribution >= 0.6 is 11.3 Å². The first-order chi connectivity index (χ1) is 6.20. The Bertz CT molecular complexity index is 475. The molecule has 2 aromatic heterocycles. The maximum atomic E-state index is 10.8. The summed E-state index contributed by atoms with van der Waals surface area (Å²) in [6, 6.07) is 1.88. The SMILES string of the molecule is Cc1ccnc2c(C(=O)O)csc12. The number of hydrogen-bond acceptors (Lipinski definition) is 3. The van der Waals surface area contributed by atoms with E-state index >= 15 is 0 Å². The molecule has 0 aromatic carbocycles. The lowest BCUT2D eigenvalue weighted by molar-refractivity contribution is 0.0699. The monoisotopic (exact) mass is 193 g/mol. The van der Waals surface area contributed by atoms with E-state index in [1.165, 1.54) is 11.3 Å². The third-order valence-corrected chi connectivity index (χ3v) is 2.99. The van der Waals surface area contributed by atoms with Gasteiger partial charge in [0.05, 0.1) is 15.8 Å². The van der Waals surface area contributed by atoms with Gasteiger partial charge in [-0.25, -0.2) is 4.79 Å². The van der Waals surface area contributed by atoms with Crippen LogP contribution in [0.4, 0.5) is 0 Å². The van der Waals surface area contributed by atoms with E-state index in [4.69, 9.17) is 5.11 Å². The average Bonchev–Trinajstić information content (AvgIpc) is 2.48. The minimum Gasteiger partial charge on any atom is -0.478 e. The number of fused-ring (bicyclic) bond motifs is 1. The van der Waals surface area contributed by atoms with E-state index in [0.29, 0.717) is 11.1 Å². The molecule has 1 N–H and O–H groups in total. The molecule has 0 fully saturated rings. The Hall–Kier alpha value is -1.42. The van der Waals surface area contributed by atoms with E-state index < -0.39 is 5.97 Å². The number of aryl methyl sites for hydroxylation is 1. The average molecular weight is 193 g/mol. The van der Waals surface area contributed by atoms with Crippen LogP contribution < -0.4 is 0 Å². The molecule has 0 amide bonds. The number of carbonyl (C=O) groups is 1. The molecule has 2 aromatic rings. The summed E-state index contributed by atoms with van der Waals surface area (Å²) in [4.78, 5) is 14.8. The number of carboxylic acids is 1. The Balaban J connectivity index is 2.83. The molecule has 0 aliphatic rings. The van der Waals surface area contributed by atoms with Crippen molar-refractivity contribution < 1.29 is 9.90 Å². The van der Waals surface area contributed by atoms with E-state index in [2.05, 4.69) is 4.98 Å². The molecule has 0 saturated heterocycles. The van der Waals surface area contributed by atoms with E-state index in [-0.39, 0.29) is 0 Å². The number of nitrogens with zero attached hydrogens (tertiary/aromatic N) is 1. The number of pyridine rings is 1. The highest BCUT2D eigenvalue weighted by atomic mass is 32.1. The standard InChI is InChI=1S/C9H7NO2S/c1-5-2-3-10-7-6(9(11)12)4-13-8(5)7/h2-4H,1H3,(H,11,12). The van der Waals surface area contributed by atoms with Crippen molar-refractivity contribution in [3.63, 3.8) is 0 Å². The summed E-state index contributed by atoms with van der Waals surface area (Å²) in [5.41, 5.74) is 1.96. The van der Waals surface area contributed by atoms with Crippen LogP contribution in [0.15, 0.2) is 17.6 Å². The van der Waals surface area contributed by atoms with E-state index in [9.17, 15) is 4.79 Å². The Morgan fingerprint density at radius 1 is 1.62 bits per heavy atom. The van der Waals surface area contributed by atoms with Gasteiger partial charge in [-0.05, 0) is 18.6 Å². The van der Waals surface area contributed by atoms with Crippen LogP contribution in [-0.2, 0) is 0 Å². The second kappa shape index (κ2) is 2.81.